The van der Waals surface area contributed by atoms with Crippen LogP contribution in [0.3, 0.4) is 0 Å². The van der Waals surface area contributed by atoms with Gasteiger partial charge < -0.3 is 39.2 Å². The van der Waals surface area contributed by atoms with Crippen LogP contribution in [0, 0.1) is 0 Å². The molecule has 0 atom stereocenters. The molecular weight excluding hydrogens is 780 g/mol. The number of hydrogen-bond acceptors (Lipinski definition) is 8. The summed E-state index contributed by atoms with van der Waals surface area (Å²) >= 11 is 0. The van der Waals surface area contributed by atoms with Crippen molar-refractivity contribution in [3.8, 4) is 11.5 Å². The SMILES string of the molecule is COCCCCN1C(=O)C(C)(C)Oc2cc(C(F)(F)F)c(C(=O)NC3CCCCC3)cc21.COCCCCN1C(=O)C(C)(C)Oc2cc(C(F)(F)F)c(C(=O)O)cc21. The van der Waals surface area contributed by atoms with Gasteiger partial charge in [-0.05, 0) is 90.5 Å². The molecule has 0 aromatic heterocycles. The van der Waals surface area contributed by atoms with Crippen LogP contribution in [0.5, 0.6) is 11.5 Å². The van der Waals surface area contributed by atoms with Crippen LogP contribution in [0.15, 0.2) is 24.3 Å². The Morgan fingerprint density at radius 3 is 1.53 bits per heavy atom. The summed E-state index contributed by atoms with van der Waals surface area (Å²) in [4.78, 5) is 52.6. The Morgan fingerprint density at radius 2 is 1.14 bits per heavy atom. The molecule has 0 spiro atoms. The van der Waals surface area contributed by atoms with Gasteiger partial charge in [0.25, 0.3) is 17.7 Å². The number of methoxy groups -OCH3 is 2. The number of nitrogens with one attached hydrogen (secondary N) is 1. The van der Waals surface area contributed by atoms with E-state index >= 15 is 0 Å². The highest BCUT2D eigenvalue weighted by Gasteiger charge is 2.46. The zero-order valence-electron chi connectivity index (χ0n) is 33.5. The zero-order chi connectivity index (χ0) is 43.2. The summed E-state index contributed by atoms with van der Waals surface area (Å²) < 4.78 is 102. The largest absolute Gasteiger partial charge is 0.478 e. The number of amides is 3. The van der Waals surface area contributed by atoms with E-state index in [0.29, 0.717) is 45.0 Å². The van der Waals surface area contributed by atoms with E-state index in [1.54, 1.807) is 7.11 Å². The predicted octanol–water partition coefficient (Wildman–Crippen LogP) is 8.03. The lowest BCUT2D eigenvalue weighted by molar-refractivity contribution is -0.139. The van der Waals surface area contributed by atoms with Crippen molar-refractivity contribution in [2.45, 2.75) is 115 Å². The molecule has 2 aromatic carbocycles. The summed E-state index contributed by atoms with van der Waals surface area (Å²) in [5, 5.41) is 11.9. The summed E-state index contributed by atoms with van der Waals surface area (Å²) in [5.41, 5.74) is -6.24. The lowest BCUT2D eigenvalue weighted by Gasteiger charge is -2.39. The highest BCUT2D eigenvalue weighted by atomic mass is 19.4. The number of unbranched alkanes of at least 4 members (excludes halogenated alkanes) is 2. The third kappa shape index (κ3) is 10.9. The number of benzene rings is 2. The van der Waals surface area contributed by atoms with Crippen molar-refractivity contribution in [3.05, 3.63) is 46.5 Å². The summed E-state index contributed by atoms with van der Waals surface area (Å²) in [6, 6.07) is 3.36. The average Bonchev–Trinajstić information content (AvgIpc) is 3.13. The van der Waals surface area contributed by atoms with Crippen LogP contribution in [-0.2, 0) is 31.4 Å². The number of carbonyl (C=O) groups is 4. The van der Waals surface area contributed by atoms with Crippen molar-refractivity contribution >= 4 is 35.1 Å². The lowest BCUT2D eigenvalue weighted by atomic mass is 9.94. The highest BCUT2D eigenvalue weighted by molar-refractivity contribution is 6.05. The van der Waals surface area contributed by atoms with Crippen molar-refractivity contribution in [3.63, 3.8) is 0 Å². The molecule has 2 aliphatic heterocycles. The number of hydrogen-bond donors (Lipinski definition) is 2. The molecule has 2 heterocycles. The molecule has 0 saturated heterocycles. The van der Waals surface area contributed by atoms with Gasteiger partial charge in [0.1, 0.15) is 11.5 Å². The summed E-state index contributed by atoms with van der Waals surface area (Å²) in [5.74, 6) is -3.53. The van der Waals surface area contributed by atoms with Gasteiger partial charge in [-0.3, -0.25) is 14.4 Å². The molecule has 322 valence electrons. The topological polar surface area (TPSA) is 144 Å². The third-order valence-electron chi connectivity index (χ3n) is 10.0. The van der Waals surface area contributed by atoms with E-state index in [-0.39, 0.29) is 47.9 Å². The molecule has 2 N–H and O–H groups in total. The molecule has 5 rings (SSSR count). The molecule has 0 unspecified atom stereocenters. The second-order valence-corrected chi connectivity index (χ2v) is 15.4. The first-order chi connectivity index (χ1) is 27.0. The standard InChI is InChI=1S/C23H31F3N2O4.C17H20F3NO5/c1-22(2)21(30)28(11-7-8-12-31-3)18-13-16(17(23(24,25)26)14-19(18)32-22)20(29)27-15-9-5-4-6-10-15;1-16(2)15(24)21(6-4-5-7-25-3)12-8-10(14(22)23)11(17(18,19)20)9-13(12)26-16/h13-15H,4-12H2,1-3H3,(H,27,29);8-9H,4-7H2,1-3H3,(H,22,23). The van der Waals surface area contributed by atoms with Crippen molar-refractivity contribution in [1.29, 1.82) is 0 Å². The van der Waals surface area contributed by atoms with Gasteiger partial charge in [-0.1, -0.05) is 19.3 Å². The van der Waals surface area contributed by atoms with Crippen molar-refractivity contribution in [2.75, 3.05) is 50.3 Å². The van der Waals surface area contributed by atoms with E-state index in [1.807, 2.05) is 0 Å². The molecule has 3 amide bonds. The number of carboxylic acid groups (broad SMARTS) is 1. The number of aromatic carboxylic acids is 1. The number of alkyl halides is 6. The number of ether oxygens (including phenoxy) is 4. The van der Waals surface area contributed by atoms with Crippen LogP contribution in [-0.4, -0.2) is 86.6 Å². The van der Waals surface area contributed by atoms with Gasteiger partial charge >= 0.3 is 18.3 Å². The molecule has 1 aliphatic carbocycles. The molecule has 1 saturated carbocycles. The van der Waals surface area contributed by atoms with Crippen LogP contribution in [0.4, 0.5) is 37.7 Å². The smallest absolute Gasteiger partial charge is 0.417 e. The molecular formula is C40H51F6N3O9. The van der Waals surface area contributed by atoms with E-state index in [0.717, 1.165) is 50.3 Å². The zero-order valence-corrected chi connectivity index (χ0v) is 33.5. The van der Waals surface area contributed by atoms with E-state index in [2.05, 4.69) is 5.32 Å². The maximum absolute atomic E-state index is 13.9. The van der Waals surface area contributed by atoms with Crippen LogP contribution < -0.4 is 24.6 Å². The van der Waals surface area contributed by atoms with E-state index in [1.165, 1.54) is 44.6 Å². The fraction of sp³-hybridized carbons (Fsp3) is 0.600. The minimum absolute atomic E-state index is 0.0251. The van der Waals surface area contributed by atoms with Gasteiger partial charge in [0.2, 0.25) is 0 Å². The number of carbonyl (C=O) groups excluding carboxylic acids is 3. The van der Waals surface area contributed by atoms with E-state index < -0.39 is 63.6 Å². The maximum atomic E-state index is 13.9. The van der Waals surface area contributed by atoms with Gasteiger partial charge in [-0.15, -0.1) is 0 Å². The Kier molecular flexibility index (Phi) is 14.8. The highest BCUT2D eigenvalue weighted by Crippen LogP contribution is 2.45. The molecule has 12 nitrogen and oxygen atoms in total. The van der Waals surface area contributed by atoms with Gasteiger partial charge in [0, 0.05) is 46.6 Å². The Hall–Kier alpha value is -4.58. The first-order valence-corrected chi connectivity index (χ1v) is 19.1. The Balaban J connectivity index is 0.000000262. The Morgan fingerprint density at radius 1 is 0.724 bits per heavy atom. The number of halogens is 6. The second-order valence-electron chi connectivity index (χ2n) is 15.4. The first kappa shape index (κ1) is 46.1. The van der Waals surface area contributed by atoms with Crippen LogP contribution in [0.2, 0.25) is 0 Å². The second kappa shape index (κ2) is 18.6. The monoisotopic (exact) mass is 831 g/mol. The van der Waals surface area contributed by atoms with Gasteiger partial charge in [0.15, 0.2) is 11.2 Å². The minimum atomic E-state index is -4.86. The van der Waals surface area contributed by atoms with Crippen LogP contribution in [0.25, 0.3) is 0 Å². The Bertz CT molecular complexity index is 1820. The van der Waals surface area contributed by atoms with Gasteiger partial charge in [-0.2, -0.15) is 26.3 Å². The predicted molar refractivity (Wildman–Crippen MR) is 201 cm³/mol. The van der Waals surface area contributed by atoms with Crippen molar-refractivity contribution in [1.82, 2.24) is 5.32 Å². The van der Waals surface area contributed by atoms with Crippen molar-refractivity contribution in [2.24, 2.45) is 0 Å². The number of fused-ring (bicyclic) bond motifs is 2. The fourth-order valence-corrected chi connectivity index (χ4v) is 7.05. The van der Waals surface area contributed by atoms with Gasteiger partial charge in [0.05, 0.1) is 33.6 Å². The molecule has 58 heavy (non-hydrogen) atoms. The quantitative estimate of drug-likeness (QED) is 0.152. The molecule has 2 aromatic rings. The average molecular weight is 832 g/mol. The minimum Gasteiger partial charge on any atom is -0.478 e. The summed E-state index contributed by atoms with van der Waals surface area (Å²) in [6.07, 6.45) is -2.70. The van der Waals surface area contributed by atoms with Crippen LogP contribution in [0.1, 0.15) is 117 Å². The van der Waals surface area contributed by atoms with E-state index in [9.17, 15) is 50.6 Å². The Labute approximate surface area is 333 Å². The molecule has 0 radical (unpaired) electrons. The van der Waals surface area contributed by atoms with E-state index in [4.69, 9.17) is 18.9 Å². The fourth-order valence-electron chi connectivity index (χ4n) is 7.05. The molecule has 3 aliphatic rings. The summed E-state index contributed by atoms with van der Waals surface area (Å²) in [7, 11) is 3.12. The van der Waals surface area contributed by atoms with Gasteiger partial charge in [-0.25, -0.2) is 4.79 Å². The molecule has 1 fully saturated rings. The lowest BCUT2D eigenvalue weighted by Crippen LogP contribution is -2.53. The number of rotatable bonds is 13. The molecule has 0 bridgehead atoms. The molecule has 18 heteroatoms. The third-order valence-corrected chi connectivity index (χ3v) is 10.0. The van der Waals surface area contributed by atoms with Crippen molar-refractivity contribution < 1.29 is 69.6 Å². The number of carboxylic acids is 1. The first-order valence-electron chi connectivity index (χ1n) is 19.1. The summed E-state index contributed by atoms with van der Waals surface area (Å²) in [6.45, 7) is 7.45. The number of nitrogens with zero attached hydrogens (tertiary/aromatic N) is 2. The number of anilines is 2. The normalized spacial score (nSPS) is 17.7. The maximum Gasteiger partial charge on any atom is 0.417 e. The van der Waals surface area contributed by atoms with Crippen LogP contribution >= 0.6 is 0 Å².